The van der Waals surface area contributed by atoms with Crippen molar-refractivity contribution < 1.29 is 4.79 Å². The Hall–Kier alpha value is -2.85. The molecular formula is C19H16ClN3O. The minimum absolute atomic E-state index is 0.223. The van der Waals surface area contributed by atoms with E-state index in [1.165, 1.54) is 0 Å². The van der Waals surface area contributed by atoms with Gasteiger partial charge in [0.1, 0.15) is 5.82 Å². The van der Waals surface area contributed by atoms with Crippen molar-refractivity contribution in [3.63, 3.8) is 0 Å². The van der Waals surface area contributed by atoms with Crippen molar-refractivity contribution >= 4 is 34.7 Å². The van der Waals surface area contributed by atoms with E-state index in [-0.39, 0.29) is 5.91 Å². The lowest BCUT2D eigenvalue weighted by molar-refractivity contribution is 0.102. The fourth-order valence-corrected chi connectivity index (χ4v) is 2.42. The Morgan fingerprint density at radius 3 is 2.58 bits per heavy atom. The molecule has 120 valence electrons. The van der Waals surface area contributed by atoms with E-state index in [1.807, 2.05) is 37.3 Å². The van der Waals surface area contributed by atoms with Gasteiger partial charge in [-0.25, -0.2) is 4.98 Å². The first kappa shape index (κ1) is 16.0. The Morgan fingerprint density at radius 1 is 1.04 bits per heavy atom. The predicted octanol–water partition coefficient (Wildman–Crippen LogP) is 5.04. The number of halogens is 1. The molecule has 0 saturated carbocycles. The Kier molecular flexibility index (Phi) is 4.77. The molecular weight excluding hydrogens is 322 g/mol. The molecule has 0 saturated heterocycles. The number of aryl methyl sites for hydroxylation is 1. The highest BCUT2D eigenvalue weighted by Gasteiger charge is 2.07. The summed E-state index contributed by atoms with van der Waals surface area (Å²) in [4.78, 5) is 16.5. The zero-order valence-electron chi connectivity index (χ0n) is 13.1. The second kappa shape index (κ2) is 7.15. The highest BCUT2D eigenvalue weighted by Crippen LogP contribution is 2.20. The van der Waals surface area contributed by atoms with Gasteiger partial charge in [-0.1, -0.05) is 35.9 Å². The first-order chi connectivity index (χ1) is 11.6. The Balaban J connectivity index is 1.68. The molecule has 0 aliphatic carbocycles. The van der Waals surface area contributed by atoms with Crippen LogP contribution in [0.1, 0.15) is 15.9 Å². The highest BCUT2D eigenvalue weighted by molar-refractivity contribution is 6.31. The van der Waals surface area contributed by atoms with Gasteiger partial charge in [0.25, 0.3) is 5.91 Å². The van der Waals surface area contributed by atoms with E-state index in [0.29, 0.717) is 22.1 Å². The van der Waals surface area contributed by atoms with Crippen LogP contribution in [0, 0.1) is 6.92 Å². The third-order valence-electron chi connectivity index (χ3n) is 3.52. The van der Waals surface area contributed by atoms with Crippen molar-refractivity contribution in [1.82, 2.24) is 4.98 Å². The zero-order chi connectivity index (χ0) is 16.9. The van der Waals surface area contributed by atoms with E-state index >= 15 is 0 Å². The normalized spacial score (nSPS) is 10.2. The van der Waals surface area contributed by atoms with E-state index in [1.54, 1.807) is 36.5 Å². The first-order valence-corrected chi connectivity index (χ1v) is 7.85. The van der Waals surface area contributed by atoms with Gasteiger partial charge in [0.15, 0.2) is 0 Å². The zero-order valence-corrected chi connectivity index (χ0v) is 13.8. The van der Waals surface area contributed by atoms with Crippen LogP contribution in [-0.2, 0) is 0 Å². The van der Waals surface area contributed by atoms with Crippen molar-refractivity contribution in [2.45, 2.75) is 6.92 Å². The third-order valence-corrected chi connectivity index (χ3v) is 3.75. The Bertz CT molecular complexity index is 862. The van der Waals surface area contributed by atoms with Gasteiger partial charge in [-0.3, -0.25) is 4.79 Å². The molecule has 0 spiro atoms. The minimum atomic E-state index is -0.223. The van der Waals surface area contributed by atoms with E-state index in [0.717, 1.165) is 11.3 Å². The molecule has 0 radical (unpaired) electrons. The van der Waals surface area contributed by atoms with Crippen molar-refractivity contribution in [3.05, 3.63) is 83.0 Å². The molecule has 2 aromatic carbocycles. The van der Waals surface area contributed by atoms with Crippen LogP contribution in [-0.4, -0.2) is 10.9 Å². The van der Waals surface area contributed by atoms with Crippen LogP contribution >= 0.6 is 11.6 Å². The van der Waals surface area contributed by atoms with Crippen LogP contribution in [0.2, 0.25) is 5.02 Å². The molecule has 1 aromatic heterocycles. The summed E-state index contributed by atoms with van der Waals surface area (Å²) < 4.78 is 0. The number of para-hydroxylation sites is 1. The summed E-state index contributed by atoms with van der Waals surface area (Å²) in [6, 6.07) is 18.4. The number of carbonyl (C=O) groups excluding carboxylic acids is 1. The Morgan fingerprint density at radius 2 is 1.88 bits per heavy atom. The fourth-order valence-electron chi connectivity index (χ4n) is 2.23. The summed E-state index contributed by atoms with van der Waals surface area (Å²) >= 11 is 5.90. The molecule has 0 unspecified atom stereocenters. The predicted molar refractivity (Wildman–Crippen MR) is 98.1 cm³/mol. The standard InChI is InChI=1S/C19H16ClN3O/c1-13-5-2-3-8-17(13)23-18-10-9-16(12-21-18)22-19(24)14-6-4-7-15(20)11-14/h2-12H,1H3,(H,21,23)(H,22,24). The fraction of sp³-hybridized carbons (Fsp3) is 0.0526. The lowest BCUT2D eigenvalue weighted by Crippen LogP contribution is -2.12. The lowest BCUT2D eigenvalue weighted by atomic mass is 10.2. The molecule has 24 heavy (non-hydrogen) atoms. The largest absolute Gasteiger partial charge is 0.340 e. The molecule has 0 aliphatic rings. The Labute approximate surface area is 145 Å². The van der Waals surface area contributed by atoms with Crippen molar-refractivity contribution in [1.29, 1.82) is 0 Å². The SMILES string of the molecule is Cc1ccccc1Nc1ccc(NC(=O)c2cccc(Cl)c2)cn1. The molecule has 2 N–H and O–H groups in total. The van der Waals surface area contributed by atoms with Gasteiger partial charge in [-0.2, -0.15) is 0 Å². The van der Waals surface area contributed by atoms with E-state index in [4.69, 9.17) is 11.6 Å². The number of nitrogens with zero attached hydrogens (tertiary/aromatic N) is 1. The number of benzene rings is 2. The molecule has 1 amide bonds. The lowest BCUT2D eigenvalue weighted by Gasteiger charge is -2.10. The number of nitrogens with one attached hydrogen (secondary N) is 2. The smallest absolute Gasteiger partial charge is 0.255 e. The number of hydrogen-bond acceptors (Lipinski definition) is 3. The van der Waals surface area contributed by atoms with E-state index in [2.05, 4.69) is 15.6 Å². The van der Waals surface area contributed by atoms with E-state index in [9.17, 15) is 4.79 Å². The number of hydrogen-bond donors (Lipinski definition) is 2. The highest BCUT2D eigenvalue weighted by atomic mass is 35.5. The summed E-state index contributed by atoms with van der Waals surface area (Å²) in [5.74, 6) is 0.490. The molecule has 0 bridgehead atoms. The second-order valence-electron chi connectivity index (χ2n) is 5.34. The van der Waals surface area contributed by atoms with Gasteiger partial charge >= 0.3 is 0 Å². The molecule has 3 rings (SSSR count). The van der Waals surface area contributed by atoms with Crippen LogP contribution < -0.4 is 10.6 Å². The van der Waals surface area contributed by atoms with Crippen molar-refractivity contribution in [2.75, 3.05) is 10.6 Å². The van der Waals surface area contributed by atoms with Gasteiger partial charge in [-0.05, 0) is 48.9 Å². The average molecular weight is 338 g/mol. The van der Waals surface area contributed by atoms with Gasteiger partial charge in [0, 0.05) is 16.3 Å². The van der Waals surface area contributed by atoms with E-state index < -0.39 is 0 Å². The molecule has 1 heterocycles. The number of aromatic nitrogens is 1. The molecule has 5 heteroatoms. The molecule has 4 nitrogen and oxygen atoms in total. The summed E-state index contributed by atoms with van der Waals surface area (Å²) in [5.41, 5.74) is 3.26. The first-order valence-electron chi connectivity index (χ1n) is 7.47. The maximum atomic E-state index is 12.2. The topological polar surface area (TPSA) is 54.0 Å². The summed E-state index contributed by atoms with van der Waals surface area (Å²) in [6.45, 7) is 2.03. The van der Waals surface area contributed by atoms with Crippen molar-refractivity contribution in [2.24, 2.45) is 0 Å². The van der Waals surface area contributed by atoms with Gasteiger partial charge < -0.3 is 10.6 Å². The monoisotopic (exact) mass is 337 g/mol. The van der Waals surface area contributed by atoms with Crippen LogP contribution in [0.3, 0.4) is 0 Å². The second-order valence-corrected chi connectivity index (χ2v) is 5.77. The third kappa shape index (κ3) is 3.91. The molecule has 3 aromatic rings. The molecule has 0 fully saturated rings. The van der Waals surface area contributed by atoms with Crippen LogP contribution in [0.15, 0.2) is 66.9 Å². The van der Waals surface area contributed by atoms with Crippen LogP contribution in [0.5, 0.6) is 0 Å². The number of anilines is 3. The van der Waals surface area contributed by atoms with Gasteiger partial charge in [0.2, 0.25) is 0 Å². The summed E-state index contributed by atoms with van der Waals surface area (Å²) in [6.07, 6.45) is 1.61. The number of amides is 1. The summed E-state index contributed by atoms with van der Waals surface area (Å²) in [5, 5.41) is 6.58. The van der Waals surface area contributed by atoms with Crippen LogP contribution in [0.25, 0.3) is 0 Å². The molecule has 0 aliphatic heterocycles. The minimum Gasteiger partial charge on any atom is -0.340 e. The number of carbonyl (C=O) groups is 1. The average Bonchev–Trinajstić information content (AvgIpc) is 2.58. The van der Waals surface area contributed by atoms with Crippen molar-refractivity contribution in [3.8, 4) is 0 Å². The van der Waals surface area contributed by atoms with Gasteiger partial charge in [0.05, 0.1) is 11.9 Å². The number of rotatable bonds is 4. The van der Waals surface area contributed by atoms with Crippen LogP contribution in [0.4, 0.5) is 17.2 Å². The molecule has 0 atom stereocenters. The quantitative estimate of drug-likeness (QED) is 0.701. The summed E-state index contributed by atoms with van der Waals surface area (Å²) in [7, 11) is 0. The van der Waals surface area contributed by atoms with Gasteiger partial charge in [-0.15, -0.1) is 0 Å². The maximum absolute atomic E-state index is 12.2. The maximum Gasteiger partial charge on any atom is 0.255 e. The number of pyridine rings is 1.